The lowest BCUT2D eigenvalue weighted by Gasteiger charge is -2.26. The van der Waals surface area contributed by atoms with E-state index in [9.17, 15) is 4.79 Å². The summed E-state index contributed by atoms with van der Waals surface area (Å²) in [5.74, 6) is -0.266. The van der Waals surface area contributed by atoms with E-state index in [0.717, 1.165) is 41.5 Å². The molecule has 5 nitrogen and oxygen atoms in total. The monoisotopic (exact) mass is 270 g/mol. The molecule has 0 spiro atoms. The Kier molecular flexibility index (Phi) is 2.97. The molecule has 2 aromatic rings. The Morgan fingerprint density at radius 2 is 2.20 bits per heavy atom. The maximum atomic E-state index is 11.6. The summed E-state index contributed by atoms with van der Waals surface area (Å²) in [5.41, 5.74) is 14.2. The van der Waals surface area contributed by atoms with Gasteiger partial charge in [-0.05, 0) is 38.0 Å². The number of carbonyl (C=O) groups is 1. The highest BCUT2D eigenvalue weighted by molar-refractivity contribution is 6.02. The first-order chi connectivity index (χ1) is 9.58. The van der Waals surface area contributed by atoms with Crippen LogP contribution in [0.2, 0.25) is 0 Å². The number of nitrogens with two attached hydrogens (primary N) is 2. The molecule has 20 heavy (non-hydrogen) atoms. The van der Waals surface area contributed by atoms with E-state index < -0.39 is 0 Å². The van der Waals surface area contributed by atoms with Crippen molar-refractivity contribution in [3.63, 3.8) is 0 Å². The number of nitrogen functional groups attached to an aromatic ring is 1. The van der Waals surface area contributed by atoms with Crippen molar-refractivity contribution >= 4 is 28.1 Å². The molecule has 1 atom stereocenters. The zero-order valence-corrected chi connectivity index (χ0v) is 11.5. The van der Waals surface area contributed by atoms with E-state index in [2.05, 4.69) is 9.88 Å². The minimum Gasteiger partial charge on any atom is -0.398 e. The zero-order chi connectivity index (χ0) is 14.3. The third kappa shape index (κ3) is 1.95. The van der Waals surface area contributed by atoms with Crippen LogP contribution in [0.1, 0.15) is 18.5 Å². The van der Waals surface area contributed by atoms with Gasteiger partial charge in [0.1, 0.15) is 6.04 Å². The lowest BCUT2D eigenvalue weighted by Crippen LogP contribution is -2.40. The topological polar surface area (TPSA) is 85.2 Å². The van der Waals surface area contributed by atoms with Gasteiger partial charge in [0.05, 0.1) is 0 Å². The third-order valence-corrected chi connectivity index (χ3v) is 3.94. The number of carbonyl (C=O) groups excluding carboxylic acids is 1. The van der Waals surface area contributed by atoms with E-state index in [1.807, 2.05) is 25.1 Å². The average molecular weight is 270 g/mol. The molecule has 0 saturated carbocycles. The fourth-order valence-corrected chi connectivity index (χ4v) is 2.95. The Morgan fingerprint density at radius 3 is 2.95 bits per heavy atom. The zero-order valence-electron chi connectivity index (χ0n) is 11.5. The largest absolute Gasteiger partial charge is 0.398 e. The number of fused-ring (bicyclic) bond motifs is 1. The van der Waals surface area contributed by atoms with Gasteiger partial charge in [-0.3, -0.25) is 9.78 Å². The molecule has 1 unspecified atom stereocenters. The maximum Gasteiger partial charge on any atom is 0.240 e. The lowest BCUT2D eigenvalue weighted by atomic mass is 10.1. The first kappa shape index (κ1) is 12.7. The first-order valence-corrected chi connectivity index (χ1v) is 6.78. The number of hydrogen-bond donors (Lipinski definition) is 2. The molecule has 4 N–H and O–H groups in total. The summed E-state index contributed by atoms with van der Waals surface area (Å²) in [7, 11) is 0. The second-order valence-corrected chi connectivity index (χ2v) is 5.30. The van der Waals surface area contributed by atoms with Gasteiger partial charge in [0.25, 0.3) is 0 Å². The Bertz CT molecular complexity index is 683. The standard InChI is InChI=1S/C15H18N4O/c1-9-7-10-11(8-18-9)12(16)4-5-13(10)19-6-2-3-14(19)15(17)20/h4-5,7-8,14H,2-3,6,16H2,1H3,(H2,17,20). The second kappa shape index (κ2) is 4.67. The van der Waals surface area contributed by atoms with Crippen molar-refractivity contribution in [3.8, 4) is 0 Å². The van der Waals surface area contributed by atoms with Crippen LogP contribution in [-0.2, 0) is 4.79 Å². The number of aromatic nitrogens is 1. The van der Waals surface area contributed by atoms with Crippen LogP contribution in [0.25, 0.3) is 10.8 Å². The summed E-state index contributed by atoms with van der Waals surface area (Å²) in [4.78, 5) is 18.0. The van der Waals surface area contributed by atoms with E-state index in [1.165, 1.54) is 0 Å². The second-order valence-electron chi connectivity index (χ2n) is 5.30. The number of aryl methyl sites for hydroxylation is 1. The average Bonchev–Trinajstić information content (AvgIpc) is 2.88. The van der Waals surface area contributed by atoms with E-state index in [0.29, 0.717) is 5.69 Å². The molecule has 0 aliphatic carbocycles. The molecule has 1 aliphatic rings. The number of nitrogens with zero attached hydrogens (tertiary/aromatic N) is 2. The summed E-state index contributed by atoms with van der Waals surface area (Å²) in [6, 6.07) is 5.62. The smallest absolute Gasteiger partial charge is 0.240 e. The van der Waals surface area contributed by atoms with Crippen molar-refractivity contribution in [1.29, 1.82) is 0 Å². The number of benzene rings is 1. The van der Waals surface area contributed by atoms with Crippen LogP contribution >= 0.6 is 0 Å². The van der Waals surface area contributed by atoms with Gasteiger partial charge in [0.15, 0.2) is 0 Å². The van der Waals surface area contributed by atoms with Crippen LogP contribution in [-0.4, -0.2) is 23.5 Å². The number of pyridine rings is 1. The molecule has 1 aromatic carbocycles. The molecular formula is C15H18N4O. The summed E-state index contributed by atoms with van der Waals surface area (Å²) in [5, 5.41) is 1.95. The molecule has 5 heteroatoms. The molecule has 1 saturated heterocycles. The van der Waals surface area contributed by atoms with Crippen molar-refractivity contribution in [2.24, 2.45) is 5.73 Å². The van der Waals surface area contributed by atoms with Gasteiger partial charge in [-0.15, -0.1) is 0 Å². The van der Waals surface area contributed by atoms with Gasteiger partial charge in [-0.1, -0.05) is 0 Å². The van der Waals surface area contributed by atoms with Crippen LogP contribution < -0.4 is 16.4 Å². The molecule has 0 bridgehead atoms. The Labute approximate surface area is 117 Å². The molecule has 1 aromatic heterocycles. The van der Waals surface area contributed by atoms with Gasteiger partial charge in [-0.25, -0.2) is 0 Å². The molecule has 1 amide bonds. The van der Waals surface area contributed by atoms with Crippen molar-refractivity contribution in [2.45, 2.75) is 25.8 Å². The Balaban J connectivity index is 2.18. The summed E-state index contributed by atoms with van der Waals surface area (Å²) in [6.45, 7) is 2.79. The van der Waals surface area contributed by atoms with Gasteiger partial charge < -0.3 is 16.4 Å². The first-order valence-electron chi connectivity index (χ1n) is 6.78. The molecule has 3 rings (SSSR count). The Morgan fingerprint density at radius 1 is 1.40 bits per heavy atom. The van der Waals surface area contributed by atoms with Gasteiger partial charge in [0, 0.05) is 40.6 Å². The number of rotatable bonds is 2. The van der Waals surface area contributed by atoms with E-state index in [1.54, 1.807) is 6.20 Å². The fourth-order valence-electron chi connectivity index (χ4n) is 2.95. The lowest BCUT2D eigenvalue weighted by molar-refractivity contribution is -0.119. The predicted molar refractivity (Wildman–Crippen MR) is 80.5 cm³/mol. The van der Waals surface area contributed by atoms with Gasteiger partial charge in [-0.2, -0.15) is 0 Å². The molecule has 2 heterocycles. The van der Waals surface area contributed by atoms with E-state index >= 15 is 0 Å². The SMILES string of the molecule is Cc1cc2c(N3CCCC3C(N)=O)ccc(N)c2cn1. The molecule has 1 fully saturated rings. The molecule has 1 aliphatic heterocycles. The summed E-state index contributed by atoms with van der Waals surface area (Å²) in [6.07, 6.45) is 3.58. The maximum absolute atomic E-state index is 11.6. The van der Waals surface area contributed by atoms with Crippen LogP contribution in [0.15, 0.2) is 24.4 Å². The Hall–Kier alpha value is -2.30. The van der Waals surface area contributed by atoms with Crippen LogP contribution in [0, 0.1) is 6.92 Å². The summed E-state index contributed by atoms with van der Waals surface area (Å²) < 4.78 is 0. The predicted octanol–water partition coefficient (Wildman–Crippen LogP) is 1.58. The highest BCUT2D eigenvalue weighted by Crippen LogP contribution is 2.34. The number of primary amides is 1. The van der Waals surface area contributed by atoms with Crippen LogP contribution in [0.3, 0.4) is 0 Å². The van der Waals surface area contributed by atoms with Crippen molar-refractivity contribution < 1.29 is 4.79 Å². The molecule has 104 valence electrons. The summed E-state index contributed by atoms with van der Waals surface area (Å²) >= 11 is 0. The van der Waals surface area contributed by atoms with Crippen molar-refractivity contribution in [2.75, 3.05) is 17.2 Å². The minimum atomic E-state index is -0.266. The number of amides is 1. The highest BCUT2D eigenvalue weighted by atomic mass is 16.1. The van der Waals surface area contributed by atoms with Gasteiger partial charge in [0.2, 0.25) is 5.91 Å². The molecular weight excluding hydrogens is 252 g/mol. The van der Waals surface area contributed by atoms with Crippen LogP contribution in [0.5, 0.6) is 0 Å². The van der Waals surface area contributed by atoms with E-state index in [-0.39, 0.29) is 11.9 Å². The van der Waals surface area contributed by atoms with Gasteiger partial charge >= 0.3 is 0 Å². The third-order valence-electron chi connectivity index (χ3n) is 3.94. The van der Waals surface area contributed by atoms with Crippen molar-refractivity contribution in [1.82, 2.24) is 4.98 Å². The van der Waals surface area contributed by atoms with Crippen LogP contribution in [0.4, 0.5) is 11.4 Å². The normalized spacial score (nSPS) is 18.6. The number of anilines is 2. The minimum absolute atomic E-state index is 0.227. The van der Waals surface area contributed by atoms with Crippen molar-refractivity contribution in [3.05, 3.63) is 30.1 Å². The number of hydrogen-bond acceptors (Lipinski definition) is 4. The quantitative estimate of drug-likeness (QED) is 0.811. The van der Waals surface area contributed by atoms with E-state index in [4.69, 9.17) is 11.5 Å². The molecule has 0 radical (unpaired) electrons. The highest BCUT2D eigenvalue weighted by Gasteiger charge is 2.30. The fraction of sp³-hybridized carbons (Fsp3) is 0.333.